The fourth-order valence-corrected chi connectivity index (χ4v) is 3.90. The topological polar surface area (TPSA) is 25.2 Å². The molecule has 0 spiro atoms. The van der Waals surface area contributed by atoms with E-state index in [1.807, 2.05) is 6.07 Å². The van der Waals surface area contributed by atoms with Gasteiger partial charge in [-0.3, -0.25) is 0 Å². The molecule has 1 N–H and O–H groups in total. The van der Waals surface area contributed by atoms with Gasteiger partial charge < -0.3 is 9.73 Å². The van der Waals surface area contributed by atoms with Gasteiger partial charge in [-0.05, 0) is 48.4 Å². The molecular weight excluding hydrogens is 246 g/mol. The summed E-state index contributed by atoms with van der Waals surface area (Å²) in [7, 11) is 0. The molecule has 1 aromatic carbocycles. The third-order valence-electron chi connectivity index (χ3n) is 4.81. The van der Waals surface area contributed by atoms with Crippen LogP contribution in [0, 0.1) is 17.8 Å². The number of hydrogen-bond donors (Lipinski definition) is 1. The highest BCUT2D eigenvalue weighted by molar-refractivity contribution is 5.43. The lowest BCUT2D eigenvalue weighted by Crippen LogP contribution is -2.25. The Labute approximate surface area is 119 Å². The molecule has 2 aliphatic rings. The van der Waals surface area contributed by atoms with Crippen LogP contribution in [0.4, 0.5) is 5.69 Å². The first kappa shape index (κ1) is 11.8. The summed E-state index contributed by atoms with van der Waals surface area (Å²) in [5.41, 5.74) is 1.21. The molecule has 2 nitrogen and oxygen atoms in total. The van der Waals surface area contributed by atoms with Gasteiger partial charge in [0.1, 0.15) is 5.76 Å². The van der Waals surface area contributed by atoms with Crippen molar-refractivity contribution in [3.8, 4) is 0 Å². The van der Waals surface area contributed by atoms with Crippen molar-refractivity contribution in [2.75, 3.05) is 11.9 Å². The van der Waals surface area contributed by atoms with Crippen molar-refractivity contribution in [3.63, 3.8) is 0 Å². The van der Waals surface area contributed by atoms with E-state index in [0.29, 0.717) is 23.7 Å². The number of rotatable bonds is 4. The fourth-order valence-electron chi connectivity index (χ4n) is 3.90. The molecule has 1 heterocycles. The highest BCUT2D eigenvalue weighted by Crippen LogP contribution is 2.52. The first-order valence-corrected chi connectivity index (χ1v) is 7.42. The van der Waals surface area contributed by atoms with E-state index in [1.165, 1.54) is 12.1 Å². The molecule has 0 amide bonds. The molecule has 0 saturated heterocycles. The summed E-state index contributed by atoms with van der Waals surface area (Å²) in [4.78, 5) is 0. The second-order valence-electron chi connectivity index (χ2n) is 5.90. The van der Waals surface area contributed by atoms with E-state index in [0.717, 1.165) is 12.3 Å². The maximum atomic E-state index is 5.69. The Morgan fingerprint density at radius 2 is 1.85 bits per heavy atom. The zero-order chi connectivity index (χ0) is 13.4. The van der Waals surface area contributed by atoms with Gasteiger partial charge in [-0.2, -0.15) is 0 Å². The first-order chi connectivity index (χ1) is 9.92. The minimum Gasteiger partial charge on any atom is -0.469 e. The molecule has 102 valence electrons. The quantitative estimate of drug-likeness (QED) is 0.834. The maximum Gasteiger partial charge on any atom is 0.107 e. The van der Waals surface area contributed by atoms with Gasteiger partial charge in [0.15, 0.2) is 0 Å². The van der Waals surface area contributed by atoms with Crippen molar-refractivity contribution in [3.05, 3.63) is 66.6 Å². The van der Waals surface area contributed by atoms with Gasteiger partial charge in [-0.15, -0.1) is 0 Å². The van der Waals surface area contributed by atoms with E-state index in [1.54, 1.807) is 6.26 Å². The van der Waals surface area contributed by atoms with Crippen molar-refractivity contribution < 1.29 is 4.42 Å². The van der Waals surface area contributed by atoms with Crippen molar-refractivity contribution in [1.29, 1.82) is 0 Å². The minimum absolute atomic E-state index is 0.538. The largest absolute Gasteiger partial charge is 0.469 e. The summed E-state index contributed by atoms with van der Waals surface area (Å²) in [6.07, 6.45) is 7.87. The second-order valence-corrected chi connectivity index (χ2v) is 5.90. The second kappa shape index (κ2) is 4.86. The Kier molecular flexibility index (Phi) is 2.87. The number of para-hydroxylation sites is 1. The zero-order valence-electron chi connectivity index (χ0n) is 11.4. The van der Waals surface area contributed by atoms with Crippen LogP contribution in [0.2, 0.25) is 0 Å². The van der Waals surface area contributed by atoms with E-state index in [-0.39, 0.29) is 0 Å². The van der Waals surface area contributed by atoms with Gasteiger partial charge in [-0.25, -0.2) is 0 Å². The SMILES string of the molecule is C1=CC2CC1C(CNc1ccccc1)C2c1ccco1. The summed E-state index contributed by atoms with van der Waals surface area (Å²) >= 11 is 0. The van der Waals surface area contributed by atoms with E-state index in [9.17, 15) is 0 Å². The number of hydrogen-bond acceptors (Lipinski definition) is 2. The number of fused-ring (bicyclic) bond motifs is 2. The Bertz CT molecular complexity index is 587. The molecule has 0 aliphatic heterocycles. The molecule has 2 aliphatic carbocycles. The lowest BCUT2D eigenvalue weighted by atomic mass is 9.81. The van der Waals surface area contributed by atoms with Gasteiger partial charge in [0.2, 0.25) is 0 Å². The molecule has 2 heteroatoms. The van der Waals surface area contributed by atoms with Crippen molar-refractivity contribution >= 4 is 5.69 Å². The van der Waals surface area contributed by atoms with Crippen LogP contribution in [-0.4, -0.2) is 6.54 Å². The molecular formula is C18H19NO. The fraction of sp³-hybridized carbons (Fsp3) is 0.333. The standard InChI is InChI=1S/C18H19NO/c1-2-5-15(6-3-1)19-12-16-13-8-9-14(11-13)18(16)17-7-4-10-20-17/h1-10,13-14,16,18-19H,11-12H2. The Morgan fingerprint density at radius 3 is 2.65 bits per heavy atom. The average Bonchev–Trinajstić information content (AvgIpc) is 3.22. The molecule has 4 atom stereocenters. The predicted octanol–water partition coefficient (Wildman–Crippen LogP) is 4.30. The number of nitrogens with one attached hydrogen (secondary N) is 1. The molecule has 4 unspecified atom stereocenters. The van der Waals surface area contributed by atoms with Crippen molar-refractivity contribution in [2.45, 2.75) is 12.3 Å². The summed E-state index contributed by atoms with van der Waals surface area (Å²) in [6.45, 7) is 1.01. The lowest BCUT2D eigenvalue weighted by molar-refractivity contribution is 0.350. The third kappa shape index (κ3) is 1.96. The highest BCUT2D eigenvalue weighted by atomic mass is 16.3. The summed E-state index contributed by atoms with van der Waals surface area (Å²) in [6, 6.07) is 14.6. The summed E-state index contributed by atoms with van der Waals surface area (Å²) < 4.78 is 5.69. The smallest absolute Gasteiger partial charge is 0.107 e. The van der Waals surface area contributed by atoms with Crippen LogP contribution in [0.25, 0.3) is 0 Å². The molecule has 2 bridgehead atoms. The van der Waals surface area contributed by atoms with Crippen LogP contribution in [0.1, 0.15) is 18.1 Å². The maximum absolute atomic E-state index is 5.69. The van der Waals surface area contributed by atoms with Gasteiger partial charge >= 0.3 is 0 Å². The molecule has 1 aromatic heterocycles. The van der Waals surface area contributed by atoms with Crippen LogP contribution in [0.15, 0.2) is 65.3 Å². The van der Waals surface area contributed by atoms with Crippen LogP contribution >= 0.6 is 0 Å². The summed E-state index contributed by atoms with van der Waals surface area (Å²) in [5.74, 6) is 3.69. The first-order valence-electron chi connectivity index (χ1n) is 7.42. The van der Waals surface area contributed by atoms with Crippen LogP contribution < -0.4 is 5.32 Å². The predicted molar refractivity (Wildman–Crippen MR) is 80.6 cm³/mol. The Morgan fingerprint density at radius 1 is 1.00 bits per heavy atom. The lowest BCUT2D eigenvalue weighted by Gasteiger charge is -2.27. The van der Waals surface area contributed by atoms with Crippen LogP contribution in [0.5, 0.6) is 0 Å². The van der Waals surface area contributed by atoms with Crippen molar-refractivity contribution in [2.24, 2.45) is 17.8 Å². The molecule has 20 heavy (non-hydrogen) atoms. The van der Waals surface area contributed by atoms with Gasteiger partial charge in [0.25, 0.3) is 0 Å². The average molecular weight is 265 g/mol. The number of benzene rings is 1. The van der Waals surface area contributed by atoms with Gasteiger partial charge in [-0.1, -0.05) is 30.4 Å². The molecule has 0 radical (unpaired) electrons. The summed E-state index contributed by atoms with van der Waals surface area (Å²) in [5, 5.41) is 3.59. The van der Waals surface area contributed by atoms with Crippen molar-refractivity contribution in [1.82, 2.24) is 0 Å². The number of allylic oxidation sites excluding steroid dienone is 2. The van der Waals surface area contributed by atoms with Crippen LogP contribution in [-0.2, 0) is 0 Å². The van der Waals surface area contributed by atoms with Crippen LogP contribution in [0.3, 0.4) is 0 Å². The zero-order valence-corrected chi connectivity index (χ0v) is 11.4. The molecule has 1 fully saturated rings. The van der Waals surface area contributed by atoms with E-state index in [4.69, 9.17) is 4.42 Å². The highest BCUT2D eigenvalue weighted by Gasteiger charge is 2.46. The van der Waals surface area contributed by atoms with Gasteiger partial charge in [0.05, 0.1) is 6.26 Å². The number of furan rings is 1. The minimum atomic E-state index is 0.538. The monoisotopic (exact) mass is 265 g/mol. The van der Waals surface area contributed by atoms with E-state index in [2.05, 4.69) is 53.9 Å². The third-order valence-corrected chi connectivity index (χ3v) is 4.81. The molecule has 1 saturated carbocycles. The van der Waals surface area contributed by atoms with Gasteiger partial charge in [0, 0.05) is 18.2 Å². The molecule has 2 aromatic rings. The number of anilines is 1. The van der Waals surface area contributed by atoms with E-state index < -0.39 is 0 Å². The normalized spacial score (nSPS) is 30.8. The Hall–Kier alpha value is -1.96. The molecule has 4 rings (SSSR count). The van der Waals surface area contributed by atoms with E-state index >= 15 is 0 Å². The Balaban J connectivity index is 1.52.